The molecule has 0 radical (unpaired) electrons. The van der Waals surface area contributed by atoms with Crippen LogP contribution >= 0.6 is 0 Å². The summed E-state index contributed by atoms with van der Waals surface area (Å²) in [5.74, 6) is 1.60. The maximum absolute atomic E-state index is 5.46. The minimum Gasteiger partial charge on any atom is -0.496 e. The first-order valence-electron chi connectivity index (χ1n) is 6.10. The highest BCUT2D eigenvalue weighted by Crippen LogP contribution is 2.36. The summed E-state index contributed by atoms with van der Waals surface area (Å²) in [7, 11) is 5.24. The third-order valence-corrected chi connectivity index (χ3v) is 3.08. The number of methoxy groups -OCH3 is 2. The van der Waals surface area contributed by atoms with Crippen LogP contribution in [-0.4, -0.2) is 26.3 Å². The van der Waals surface area contributed by atoms with Crippen molar-refractivity contribution in [2.45, 2.75) is 6.04 Å². The van der Waals surface area contributed by atoms with Gasteiger partial charge in [0.05, 0.1) is 25.8 Å². The number of nitrogens with one attached hydrogen (secondary N) is 1. The number of rotatable bonds is 5. The summed E-state index contributed by atoms with van der Waals surface area (Å²) in [6.45, 7) is 0. The van der Waals surface area contributed by atoms with Crippen LogP contribution in [-0.2, 0) is 0 Å². The average molecular weight is 258 g/mol. The molecule has 1 aromatic carbocycles. The van der Waals surface area contributed by atoms with E-state index in [0.717, 1.165) is 22.6 Å². The lowest BCUT2D eigenvalue weighted by Gasteiger charge is -2.22. The molecule has 0 aliphatic rings. The molecule has 100 valence electrons. The first-order chi connectivity index (χ1) is 9.31. The zero-order chi connectivity index (χ0) is 13.7. The van der Waals surface area contributed by atoms with Crippen molar-refractivity contribution in [1.29, 1.82) is 0 Å². The second-order valence-electron chi connectivity index (χ2n) is 4.08. The van der Waals surface area contributed by atoms with E-state index in [-0.39, 0.29) is 6.04 Å². The number of benzene rings is 1. The molecule has 0 saturated heterocycles. The van der Waals surface area contributed by atoms with Crippen LogP contribution in [0.3, 0.4) is 0 Å². The minimum absolute atomic E-state index is 0.00546. The van der Waals surface area contributed by atoms with Crippen molar-refractivity contribution < 1.29 is 9.47 Å². The van der Waals surface area contributed by atoms with Crippen LogP contribution in [0.1, 0.15) is 17.2 Å². The fourth-order valence-corrected chi connectivity index (χ4v) is 2.20. The molecular weight excluding hydrogens is 240 g/mol. The van der Waals surface area contributed by atoms with Crippen molar-refractivity contribution in [3.8, 4) is 11.5 Å². The first kappa shape index (κ1) is 13.4. The molecule has 0 saturated carbocycles. The van der Waals surface area contributed by atoms with Crippen molar-refractivity contribution in [3.05, 3.63) is 53.9 Å². The summed E-state index contributed by atoms with van der Waals surface area (Å²) in [5.41, 5.74) is 2.10. The van der Waals surface area contributed by atoms with Gasteiger partial charge >= 0.3 is 0 Å². The monoisotopic (exact) mass is 258 g/mol. The molecule has 0 amide bonds. The standard InChI is InChI=1S/C15H18N2O2/c1-16-15(11-7-9-17-10-8-11)14-12(18-2)5-4-6-13(14)19-3/h4-10,15-16H,1-3H3. The highest BCUT2D eigenvalue weighted by molar-refractivity contribution is 5.50. The number of nitrogens with zero attached hydrogens (tertiary/aromatic N) is 1. The van der Waals surface area contributed by atoms with E-state index in [2.05, 4.69) is 10.3 Å². The van der Waals surface area contributed by atoms with Gasteiger partial charge < -0.3 is 14.8 Å². The highest BCUT2D eigenvalue weighted by Gasteiger charge is 2.20. The van der Waals surface area contributed by atoms with Crippen LogP contribution in [0.2, 0.25) is 0 Å². The summed E-state index contributed by atoms with van der Waals surface area (Å²) < 4.78 is 10.9. The van der Waals surface area contributed by atoms with Crippen LogP contribution in [0.4, 0.5) is 0 Å². The molecule has 19 heavy (non-hydrogen) atoms. The zero-order valence-electron chi connectivity index (χ0n) is 11.4. The van der Waals surface area contributed by atoms with E-state index < -0.39 is 0 Å². The van der Waals surface area contributed by atoms with Crippen molar-refractivity contribution >= 4 is 0 Å². The largest absolute Gasteiger partial charge is 0.496 e. The molecule has 0 fully saturated rings. The molecule has 0 bridgehead atoms. The van der Waals surface area contributed by atoms with Gasteiger partial charge in [-0.2, -0.15) is 0 Å². The Morgan fingerprint density at radius 1 is 1.00 bits per heavy atom. The van der Waals surface area contributed by atoms with Gasteiger partial charge in [0.25, 0.3) is 0 Å². The second-order valence-corrected chi connectivity index (χ2v) is 4.08. The van der Waals surface area contributed by atoms with Gasteiger partial charge in [-0.05, 0) is 36.9 Å². The van der Waals surface area contributed by atoms with Gasteiger partial charge in [-0.3, -0.25) is 4.98 Å². The van der Waals surface area contributed by atoms with Gasteiger partial charge in [0.1, 0.15) is 11.5 Å². The fourth-order valence-electron chi connectivity index (χ4n) is 2.20. The van der Waals surface area contributed by atoms with Crippen molar-refractivity contribution in [2.75, 3.05) is 21.3 Å². The Balaban J connectivity index is 2.54. The van der Waals surface area contributed by atoms with Crippen LogP contribution in [0.25, 0.3) is 0 Å². The average Bonchev–Trinajstić information content (AvgIpc) is 2.49. The molecule has 1 aromatic heterocycles. The SMILES string of the molecule is CNC(c1ccncc1)c1c(OC)cccc1OC. The normalized spacial score (nSPS) is 11.9. The minimum atomic E-state index is -0.00546. The molecule has 1 N–H and O–H groups in total. The van der Waals surface area contributed by atoms with E-state index in [9.17, 15) is 0 Å². The van der Waals surface area contributed by atoms with Crippen molar-refractivity contribution in [3.63, 3.8) is 0 Å². The van der Waals surface area contributed by atoms with Gasteiger partial charge in [0, 0.05) is 12.4 Å². The van der Waals surface area contributed by atoms with Crippen molar-refractivity contribution in [2.24, 2.45) is 0 Å². The predicted molar refractivity (Wildman–Crippen MR) is 74.7 cm³/mol. The van der Waals surface area contributed by atoms with Gasteiger partial charge in [-0.25, -0.2) is 0 Å². The second kappa shape index (κ2) is 6.20. The molecule has 2 rings (SSSR count). The van der Waals surface area contributed by atoms with Crippen LogP contribution < -0.4 is 14.8 Å². The van der Waals surface area contributed by atoms with Crippen LogP contribution in [0.5, 0.6) is 11.5 Å². The molecule has 1 atom stereocenters. The molecule has 0 spiro atoms. The lowest BCUT2D eigenvalue weighted by atomic mass is 9.98. The van der Waals surface area contributed by atoms with E-state index in [4.69, 9.17) is 9.47 Å². The summed E-state index contributed by atoms with van der Waals surface area (Å²) in [5, 5.41) is 3.30. The third kappa shape index (κ3) is 2.69. The van der Waals surface area contributed by atoms with Crippen LogP contribution in [0.15, 0.2) is 42.7 Å². The number of pyridine rings is 1. The molecular formula is C15H18N2O2. The Bertz CT molecular complexity index is 507. The maximum atomic E-state index is 5.46. The van der Waals surface area contributed by atoms with Gasteiger partial charge in [0.2, 0.25) is 0 Å². The molecule has 4 heteroatoms. The third-order valence-electron chi connectivity index (χ3n) is 3.08. The Labute approximate surface area is 113 Å². The zero-order valence-corrected chi connectivity index (χ0v) is 11.4. The van der Waals surface area contributed by atoms with E-state index >= 15 is 0 Å². The summed E-state index contributed by atoms with van der Waals surface area (Å²) in [4.78, 5) is 4.05. The first-order valence-corrected chi connectivity index (χ1v) is 6.10. The maximum Gasteiger partial charge on any atom is 0.127 e. The van der Waals surface area contributed by atoms with Crippen LogP contribution in [0, 0.1) is 0 Å². The topological polar surface area (TPSA) is 43.4 Å². The molecule has 1 unspecified atom stereocenters. The lowest BCUT2D eigenvalue weighted by Crippen LogP contribution is -2.19. The Morgan fingerprint density at radius 2 is 1.58 bits per heavy atom. The number of hydrogen-bond acceptors (Lipinski definition) is 4. The summed E-state index contributed by atoms with van der Waals surface area (Å²) >= 11 is 0. The Kier molecular flexibility index (Phi) is 4.36. The van der Waals surface area contributed by atoms with Gasteiger partial charge in [0.15, 0.2) is 0 Å². The molecule has 0 aliphatic carbocycles. The Morgan fingerprint density at radius 3 is 2.05 bits per heavy atom. The van der Waals surface area contributed by atoms with E-state index in [1.54, 1.807) is 26.6 Å². The van der Waals surface area contributed by atoms with Gasteiger partial charge in [-0.15, -0.1) is 0 Å². The van der Waals surface area contributed by atoms with Crippen molar-refractivity contribution in [1.82, 2.24) is 10.3 Å². The number of hydrogen-bond donors (Lipinski definition) is 1. The molecule has 0 aliphatic heterocycles. The quantitative estimate of drug-likeness (QED) is 0.894. The van der Waals surface area contributed by atoms with E-state index in [0.29, 0.717) is 0 Å². The number of ether oxygens (including phenoxy) is 2. The molecule has 4 nitrogen and oxygen atoms in total. The Hall–Kier alpha value is -2.07. The summed E-state index contributed by atoms with van der Waals surface area (Å²) in [6, 6.07) is 9.74. The van der Waals surface area contributed by atoms with E-state index in [1.165, 1.54) is 0 Å². The summed E-state index contributed by atoms with van der Waals surface area (Å²) in [6.07, 6.45) is 3.56. The highest BCUT2D eigenvalue weighted by atomic mass is 16.5. The number of aromatic nitrogens is 1. The lowest BCUT2D eigenvalue weighted by molar-refractivity contribution is 0.379. The fraction of sp³-hybridized carbons (Fsp3) is 0.267. The van der Waals surface area contributed by atoms with E-state index in [1.807, 2.05) is 37.4 Å². The molecule has 1 heterocycles. The molecule has 2 aromatic rings. The predicted octanol–water partition coefficient (Wildman–Crippen LogP) is 2.41. The smallest absolute Gasteiger partial charge is 0.127 e. The van der Waals surface area contributed by atoms with Gasteiger partial charge in [-0.1, -0.05) is 6.07 Å².